The minimum absolute atomic E-state index is 0.0792. The third-order valence-corrected chi connectivity index (χ3v) is 5.84. The number of aliphatic hydroxyl groups excluding tert-OH is 1. The van der Waals surface area contributed by atoms with Crippen LogP contribution in [0.15, 0.2) is 59.5 Å². The zero-order valence-electron chi connectivity index (χ0n) is 14.6. The van der Waals surface area contributed by atoms with E-state index in [1.807, 2.05) is 53.6 Å². The lowest BCUT2D eigenvalue weighted by Crippen LogP contribution is -2.49. The van der Waals surface area contributed by atoms with Gasteiger partial charge in [-0.1, -0.05) is 42.5 Å². The van der Waals surface area contributed by atoms with Crippen molar-refractivity contribution < 1.29 is 9.90 Å². The van der Waals surface area contributed by atoms with Crippen molar-refractivity contribution in [2.24, 2.45) is 5.41 Å². The van der Waals surface area contributed by atoms with Crippen LogP contribution in [-0.2, 0) is 6.42 Å². The summed E-state index contributed by atoms with van der Waals surface area (Å²) in [5.74, 6) is 0.0792. The molecule has 1 fully saturated rings. The number of likely N-dealkylation sites (tertiary alicyclic amines) is 1. The Balaban J connectivity index is 1.80. The topological polar surface area (TPSA) is 40.5 Å². The molecule has 0 spiro atoms. The summed E-state index contributed by atoms with van der Waals surface area (Å²) in [5.41, 5.74) is 1.74. The minimum Gasteiger partial charge on any atom is -0.396 e. The van der Waals surface area contributed by atoms with Gasteiger partial charge in [-0.3, -0.25) is 4.79 Å². The highest BCUT2D eigenvalue weighted by Crippen LogP contribution is 2.34. The number of thioether (sulfide) groups is 1. The molecule has 1 heterocycles. The highest BCUT2D eigenvalue weighted by Gasteiger charge is 2.37. The average molecular weight is 356 g/mol. The van der Waals surface area contributed by atoms with E-state index in [-0.39, 0.29) is 17.9 Å². The van der Waals surface area contributed by atoms with Gasteiger partial charge in [0.15, 0.2) is 0 Å². The molecule has 4 heteroatoms. The lowest BCUT2D eigenvalue weighted by Gasteiger charge is -2.42. The maximum atomic E-state index is 13.1. The second-order valence-corrected chi connectivity index (χ2v) is 7.70. The molecule has 0 aliphatic carbocycles. The van der Waals surface area contributed by atoms with Crippen LogP contribution < -0.4 is 0 Å². The molecule has 1 aliphatic heterocycles. The van der Waals surface area contributed by atoms with Crippen LogP contribution in [0.5, 0.6) is 0 Å². The van der Waals surface area contributed by atoms with Crippen molar-refractivity contribution in [3.05, 3.63) is 65.7 Å². The number of amides is 1. The summed E-state index contributed by atoms with van der Waals surface area (Å²) in [6, 6.07) is 18.0. The van der Waals surface area contributed by atoms with E-state index in [2.05, 4.69) is 12.1 Å². The fourth-order valence-corrected chi connectivity index (χ4v) is 4.32. The summed E-state index contributed by atoms with van der Waals surface area (Å²) in [7, 11) is 0. The van der Waals surface area contributed by atoms with Gasteiger partial charge in [0.1, 0.15) is 0 Å². The number of hydrogen-bond acceptors (Lipinski definition) is 3. The maximum absolute atomic E-state index is 13.1. The van der Waals surface area contributed by atoms with Crippen LogP contribution in [0.25, 0.3) is 0 Å². The van der Waals surface area contributed by atoms with Gasteiger partial charge in [0.25, 0.3) is 5.91 Å². The van der Waals surface area contributed by atoms with Gasteiger partial charge in [0.05, 0.1) is 12.2 Å². The SMILES string of the molecule is CSc1ccccc1C(=O)N1CCC[C@@](CO)(Cc2ccccc2)C1. The van der Waals surface area contributed by atoms with Gasteiger partial charge in [0.2, 0.25) is 0 Å². The molecule has 25 heavy (non-hydrogen) atoms. The summed E-state index contributed by atoms with van der Waals surface area (Å²) >= 11 is 1.60. The zero-order valence-corrected chi connectivity index (χ0v) is 15.5. The number of nitrogens with zero attached hydrogens (tertiary/aromatic N) is 1. The van der Waals surface area contributed by atoms with Crippen LogP contribution in [0.2, 0.25) is 0 Å². The number of benzene rings is 2. The first-order valence-corrected chi connectivity index (χ1v) is 9.97. The molecule has 0 saturated carbocycles. The van der Waals surface area contributed by atoms with E-state index >= 15 is 0 Å². The molecule has 1 amide bonds. The van der Waals surface area contributed by atoms with Crippen LogP contribution in [0.3, 0.4) is 0 Å². The lowest BCUT2D eigenvalue weighted by atomic mass is 9.75. The second kappa shape index (κ2) is 8.07. The number of carbonyl (C=O) groups is 1. The van der Waals surface area contributed by atoms with E-state index < -0.39 is 0 Å². The molecular weight excluding hydrogens is 330 g/mol. The van der Waals surface area contributed by atoms with Crippen LogP contribution in [0.1, 0.15) is 28.8 Å². The number of hydrogen-bond donors (Lipinski definition) is 1. The van der Waals surface area contributed by atoms with Crippen molar-refractivity contribution in [2.75, 3.05) is 26.0 Å². The van der Waals surface area contributed by atoms with E-state index in [1.165, 1.54) is 5.56 Å². The van der Waals surface area contributed by atoms with Crippen molar-refractivity contribution in [1.82, 2.24) is 4.90 Å². The van der Waals surface area contributed by atoms with E-state index in [1.54, 1.807) is 11.8 Å². The summed E-state index contributed by atoms with van der Waals surface area (Å²) in [6.45, 7) is 1.48. The quantitative estimate of drug-likeness (QED) is 0.828. The normalized spacial score (nSPS) is 20.5. The van der Waals surface area contributed by atoms with E-state index in [0.717, 1.165) is 36.3 Å². The molecule has 1 atom stereocenters. The second-order valence-electron chi connectivity index (χ2n) is 6.85. The molecular formula is C21H25NO2S. The summed E-state index contributed by atoms with van der Waals surface area (Å²) in [4.78, 5) is 16.0. The fourth-order valence-electron chi connectivity index (χ4n) is 3.73. The smallest absolute Gasteiger partial charge is 0.255 e. The molecule has 2 aromatic rings. The highest BCUT2D eigenvalue weighted by atomic mass is 32.2. The van der Waals surface area contributed by atoms with Gasteiger partial charge in [-0.2, -0.15) is 0 Å². The molecule has 1 N–H and O–H groups in total. The highest BCUT2D eigenvalue weighted by molar-refractivity contribution is 7.98. The van der Waals surface area contributed by atoms with Gasteiger partial charge in [0, 0.05) is 23.4 Å². The number of carbonyl (C=O) groups excluding carboxylic acids is 1. The first-order valence-electron chi connectivity index (χ1n) is 8.74. The molecule has 132 valence electrons. The summed E-state index contributed by atoms with van der Waals surface area (Å²) in [6.07, 6.45) is 4.68. The molecule has 2 aromatic carbocycles. The monoisotopic (exact) mass is 355 g/mol. The third-order valence-electron chi connectivity index (χ3n) is 5.04. The maximum Gasteiger partial charge on any atom is 0.255 e. The van der Waals surface area contributed by atoms with Crippen LogP contribution in [0.4, 0.5) is 0 Å². The molecule has 1 saturated heterocycles. The van der Waals surface area contributed by atoms with Gasteiger partial charge >= 0.3 is 0 Å². The van der Waals surface area contributed by atoms with Gasteiger partial charge in [-0.15, -0.1) is 11.8 Å². The Morgan fingerprint density at radius 3 is 2.60 bits per heavy atom. The van der Waals surface area contributed by atoms with E-state index in [0.29, 0.717) is 6.54 Å². The van der Waals surface area contributed by atoms with Crippen LogP contribution in [-0.4, -0.2) is 41.9 Å². The number of rotatable bonds is 5. The van der Waals surface area contributed by atoms with Crippen LogP contribution in [0, 0.1) is 5.41 Å². The van der Waals surface area contributed by atoms with Crippen LogP contribution >= 0.6 is 11.8 Å². The van der Waals surface area contributed by atoms with Gasteiger partial charge in [-0.05, 0) is 43.2 Å². The molecule has 0 bridgehead atoms. The van der Waals surface area contributed by atoms with Crippen molar-refractivity contribution in [1.29, 1.82) is 0 Å². The van der Waals surface area contributed by atoms with E-state index in [9.17, 15) is 9.90 Å². The Bertz CT molecular complexity index is 719. The predicted molar refractivity (Wildman–Crippen MR) is 103 cm³/mol. The largest absolute Gasteiger partial charge is 0.396 e. The number of aliphatic hydroxyl groups is 1. The Morgan fingerprint density at radius 2 is 1.88 bits per heavy atom. The Kier molecular flexibility index (Phi) is 5.82. The van der Waals surface area contributed by atoms with E-state index in [4.69, 9.17) is 0 Å². The number of piperidine rings is 1. The lowest BCUT2D eigenvalue weighted by molar-refractivity contribution is 0.0269. The Hall–Kier alpha value is -1.78. The molecule has 3 rings (SSSR count). The third kappa shape index (κ3) is 4.07. The first kappa shape index (κ1) is 18.0. The van der Waals surface area contributed by atoms with Crippen molar-refractivity contribution >= 4 is 17.7 Å². The van der Waals surface area contributed by atoms with Crippen molar-refractivity contribution in [3.8, 4) is 0 Å². The molecule has 0 aromatic heterocycles. The van der Waals surface area contributed by atoms with Crippen molar-refractivity contribution in [3.63, 3.8) is 0 Å². The Morgan fingerprint density at radius 1 is 1.16 bits per heavy atom. The molecule has 0 unspecified atom stereocenters. The molecule has 3 nitrogen and oxygen atoms in total. The summed E-state index contributed by atoms with van der Waals surface area (Å²) in [5, 5.41) is 10.1. The first-order chi connectivity index (χ1) is 12.2. The van der Waals surface area contributed by atoms with Gasteiger partial charge in [-0.25, -0.2) is 0 Å². The predicted octanol–water partition coefficient (Wildman–Crippen LogP) is 3.87. The average Bonchev–Trinajstić information content (AvgIpc) is 2.68. The minimum atomic E-state index is -0.246. The van der Waals surface area contributed by atoms with Crippen molar-refractivity contribution in [2.45, 2.75) is 24.2 Å². The molecule has 1 aliphatic rings. The fraction of sp³-hybridized carbons (Fsp3) is 0.381. The standard InChI is InChI=1S/C21H25NO2S/c1-25-19-11-6-5-10-18(19)20(24)22-13-7-12-21(15-22,16-23)14-17-8-3-2-4-9-17/h2-6,8-11,23H,7,12-16H2,1H3/t21-/m1/s1. The Labute approximate surface area is 154 Å². The molecule has 0 radical (unpaired) electrons. The zero-order chi connectivity index (χ0) is 17.7. The van der Waals surface area contributed by atoms with Gasteiger partial charge < -0.3 is 10.0 Å². The summed E-state index contributed by atoms with van der Waals surface area (Å²) < 4.78 is 0.